The average Bonchev–Trinajstić information content (AvgIpc) is 2.62. The molecule has 2 aliphatic carbocycles. The minimum atomic E-state index is -0.0110. The van der Waals surface area contributed by atoms with E-state index in [0.29, 0.717) is 30.0 Å². The number of carbonyl (C=O) groups is 2. The van der Waals surface area contributed by atoms with Gasteiger partial charge in [0.1, 0.15) is 0 Å². The van der Waals surface area contributed by atoms with Crippen LogP contribution in [0.5, 0.6) is 0 Å². The molecule has 2 fully saturated rings. The molecule has 5 nitrogen and oxygen atoms in total. The van der Waals surface area contributed by atoms with Crippen LogP contribution < -0.4 is 11.1 Å². The SMILES string of the molecule is CC(C)C(=O)N(C)Cc1ccc(C(=O)NC2C3CCCC2CC(N)C3)cc1. The highest BCUT2D eigenvalue weighted by Crippen LogP contribution is 2.39. The summed E-state index contributed by atoms with van der Waals surface area (Å²) >= 11 is 0. The lowest BCUT2D eigenvalue weighted by molar-refractivity contribution is -0.133. The minimum Gasteiger partial charge on any atom is -0.349 e. The van der Waals surface area contributed by atoms with Gasteiger partial charge in [0.25, 0.3) is 5.91 Å². The third-order valence-corrected chi connectivity index (χ3v) is 6.18. The zero-order chi connectivity index (χ0) is 19.6. The third kappa shape index (κ3) is 4.70. The number of benzene rings is 1. The van der Waals surface area contributed by atoms with E-state index >= 15 is 0 Å². The molecule has 2 unspecified atom stereocenters. The largest absolute Gasteiger partial charge is 0.349 e. The van der Waals surface area contributed by atoms with E-state index in [0.717, 1.165) is 18.4 Å². The predicted molar refractivity (Wildman–Crippen MR) is 107 cm³/mol. The monoisotopic (exact) mass is 371 g/mol. The summed E-state index contributed by atoms with van der Waals surface area (Å²) in [6.45, 7) is 4.36. The van der Waals surface area contributed by atoms with Gasteiger partial charge in [0.15, 0.2) is 0 Å². The maximum absolute atomic E-state index is 12.7. The fraction of sp³-hybridized carbons (Fsp3) is 0.636. The van der Waals surface area contributed by atoms with Gasteiger partial charge in [0.05, 0.1) is 0 Å². The number of amides is 2. The Bertz CT molecular complexity index is 657. The molecule has 0 saturated heterocycles. The summed E-state index contributed by atoms with van der Waals surface area (Å²) in [4.78, 5) is 26.5. The zero-order valence-electron chi connectivity index (χ0n) is 16.8. The second-order valence-electron chi connectivity index (χ2n) is 8.73. The van der Waals surface area contributed by atoms with Crippen LogP contribution in [0.1, 0.15) is 61.9 Å². The van der Waals surface area contributed by atoms with Crippen LogP contribution in [-0.4, -0.2) is 35.8 Å². The number of nitrogens with two attached hydrogens (primary N) is 1. The number of fused-ring (bicyclic) bond motifs is 2. The summed E-state index contributed by atoms with van der Waals surface area (Å²) in [5, 5.41) is 3.29. The van der Waals surface area contributed by atoms with E-state index in [1.165, 1.54) is 19.3 Å². The molecule has 3 rings (SSSR count). The highest BCUT2D eigenvalue weighted by Gasteiger charge is 2.39. The van der Waals surface area contributed by atoms with Crippen molar-refractivity contribution in [1.82, 2.24) is 10.2 Å². The lowest BCUT2D eigenvalue weighted by atomic mass is 9.67. The van der Waals surface area contributed by atoms with Gasteiger partial charge in [-0.25, -0.2) is 0 Å². The van der Waals surface area contributed by atoms with Gasteiger partial charge >= 0.3 is 0 Å². The lowest BCUT2D eigenvalue weighted by Gasteiger charge is -2.45. The summed E-state index contributed by atoms with van der Waals surface area (Å²) in [5.41, 5.74) is 7.90. The molecule has 0 radical (unpaired) electrons. The molecular formula is C22H33N3O2. The van der Waals surface area contributed by atoms with E-state index in [1.807, 2.05) is 45.2 Å². The first kappa shape index (κ1) is 19.9. The van der Waals surface area contributed by atoms with Crippen LogP contribution >= 0.6 is 0 Å². The Labute approximate surface area is 162 Å². The predicted octanol–water partition coefficient (Wildman–Crippen LogP) is 2.94. The second-order valence-corrected chi connectivity index (χ2v) is 8.73. The molecule has 2 bridgehead atoms. The van der Waals surface area contributed by atoms with E-state index in [-0.39, 0.29) is 23.8 Å². The van der Waals surface area contributed by atoms with Crippen LogP contribution in [0.15, 0.2) is 24.3 Å². The molecule has 0 aromatic heterocycles. The third-order valence-electron chi connectivity index (χ3n) is 6.18. The summed E-state index contributed by atoms with van der Waals surface area (Å²) in [5.74, 6) is 1.16. The molecule has 2 atom stereocenters. The van der Waals surface area contributed by atoms with Crippen molar-refractivity contribution in [2.24, 2.45) is 23.5 Å². The Morgan fingerprint density at radius 3 is 2.30 bits per heavy atom. The van der Waals surface area contributed by atoms with Crippen molar-refractivity contribution in [1.29, 1.82) is 0 Å². The summed E-state index contributed by atoms with van der Waals surface area (Å²) in [6, 6.07) is 8.16. The molecule has 1 aromatic carbocycles. The van der Waals surface area contributed by atoms with E-state index in [1.54, 1.807) is 4.90 Å². The van der Waals surface area contributed by atoms with Crippen LogP contribution in [0, 0.1) is 17.8 Å². The van der Waals surface area contributed by atoms with Gasteiger partial charge in [-0.15, -0.1) is 0 Å². The molecule has 0 heterocycles. The van der Waals surface area contributed by atoms with Gasteiger partial charge in [-0.2, -0.15) is 0 Å². The molecule has 2 aliphatic rings. The quantitative estimate of drug-likeness (QED) is 0.836. The Kier molecular flexibility index (Phi) is 6.20. The fourth-order valence-corrected chi connectivity index (χ4v) is 4.81. The molecule has 27 heavy (non-hydrogen) atoms. The van der Waals surface area contributed by atoms with Crippen LogP contribution in [0.25, 0.3) is 0 Å². The van der Waals surface area contributed by atoms with E-state index in [9.17, 15) is 9.59 Å². The first-order chi connectivity index (χ1) is 12.8. The fourth-order valence-electron chi connectivity index (χ4n) is 4.81. The molecular weight excluding hydrogens is 338 g/mol. The number of nitrogens with one attached hydrogen (secondary N) is 1. The van der Waals surface area contributed by atoms with E-state index in [2.05, 4.69) is 5.32 Å². The van der Waals surface area contributed by atoms with Crippen molar-refractivity contribution >= 4 is 11.8 Å². The van der Waals surface area contributed by atoms with Crippen molar-refractivity contribution in [2.45, 2.75) is 64.6 Å². The summed E-state index contributed by atoms with van der Waals surface area (Å²) in [6.07, 6.45) is 5.65. The summed E-state index contributed by atoms with van der Waals surface area (Å²) < 4.78 is 0. The van der Waals surface area contributed by atoms with Crippen molar-refractivity contribution < 1.29 is 9.59 Å². The van der Waals surface area contributed by atoms with Gasteiger partial charge in [-0.3, -0.25) is 9.59 Å². The Balaban J connectivity index is 1.60. The van der Waals surface area contributed by atoms with Gasteiger partial charge in [-0.1, -0.05) is 32.4 Å². The lowest BCUT2D eigenvalue weighted by Crippen LogP contribution is -2.53. The van der Waals surface area contributed by atoms with Crippen LogP contribution in [-0.2, 0) is 11.3 Å². The zero-order valence-corrected chi connectivity index (χ0v) is 16.8. The van der Waals surface area contributed by atoms with Crippen molar-refractivity contribution in [2.75, 3.05) is 7.05 Å². The first-order valence-electron chi connectivity index (χ1n) is 10.3. The smallest absolute Gasteiger partial charge is 0.251 e. The van der Waals surface area contributed by atoms with Crippen molar-refractivity contribution in [3.05, 3.63) is 35.4 Å². The van der Waals surface area contributed by atoms with Gasteiger partial charge in [0, 0.05) is 37.2 Å². The molecule has 3 N–H and O–H groups in total. The molecule has 1 aromatic rings. The van der Waals surface area contributed by atoms with Crippen LogP contribution in [0.2, 0.25) is 0 Å². The first-order valence-corrected chi connectivity index (χ1v) is 10.3. The number of hydrogen-bond acceptors (Lipinski definition) is 3. The number of nitrogens with zero attached hydrogens (tertiary/aromatic N) is 1. The molecule has 2 amide bonds. The Morgan fingerprint density at radius 1 is 1.15 bits per heavy atom. The number of rotatable bonds is 5. The molecule has 148 valence electrons. The summed E-state index contributed by atoms with van der Waals surface area (Å²) in [7, 11) is 1.81. The number of carbonyl (C=O) groups excluding carboxylic acids is 2. The molecule has 0 spiro atoms. The standard InChI is InChI=1S/C22H33N3O2/c1-14(2)22(27)25(3)13-15-7-9-16(10-8-15)21(26)24-20-17-5-4-6-18(20)12-19(23)11-17/h7-10,14,17-20H,4-6,11-13,23H2,1-3H3,(H,24,26). The Morgan fingerprint density at radius 2 is 1.74 bits per heavy atom. The van der Waals surface area contributed by atoms with E-state index < -0.39 is 0 Å². The van der Waals surface area contributed by atoms with Gasteiger partial charge in [0.2, 0.25) is 5.91 Å². The van der Waals surface area contributed by atoms with Crippen molar-refractivity contribution in [3.63, 3.8) is 0 Å². The average molecular weight is 372 g/mol. The van der Waals surface area contributed by atoms with Crippen molar-refractivity contribution in [3.8, 4) is 0 Å². The van der Waals surface area contributed by atoms with Crippen LogP contribution in [0.3, 0.4) is 0 Å². The maximum atomic E-state index is 12.7. The molecule has 2 saturated carbocycles. The van der Waals surface area contributed by atoms with Crippen LogP contribution in [0.4, 0.5) is 0 Å². The Hall–Kier alpha value is -1.88. The normalized spacial score (nSPS) is 27.3. The van der Waals surface area contributed by atoms with Gasteiger partial charge in [-0.05, 0) is 55.2 Å². The number of hydrogen-bond donors (Lipinski definition) is 2. The van der Waals surface area contributed by atoms with E-state index in [4.69, 9.17) is 5.73 Å². The second kappa shape index (κ2) is 8.42. The van der Waals surface area contributed by atoms with Gasteiger partial charge < -0.3 is 16.0 Å². The molecule has 5 heteroatoms. The topological polar surface area (TPSA) is 75.4 Å². The highest BCUT2D eigenvalue weighted by atomic mass is 16.2. The highest BCUT2D eigenvalue weighted by molar-refractivity contribution is 5.94. The maximum Gasteiger partial charge on any atom is 0.251 e. The molecule has 0 aliphatic heterocycles. The minimum absolute atomic E-state index is 0.00512.